The molecule has 3 aromatic carbocycles. The number of benzene rings is 3. The average molecular weight is 655 g/mol. The number of hydrogen-bond acceptors (Lipinski definition) is 4. The Morgan fingerprint density at radius 3 is 2.21 bits per heavy atom. The summed E-state index contributed by atoms with van der Waals surface area (Å²) in [5.41, 5.74) is 0.871. The van der Waals surface area contributed by atoms with Gasteiger partial charge in [-0.15, -0.1) is 0 Å². The van der Waals surface area contributed by atoms with Crippen molar-refractivity contribution in [2.75, 3.05) is 10.8 Å². The number of halogens is 3. The largest absolute Gasteiger partial charge is 0.352 e. The zero-order valence-electron chi connectivity index (χ0n) is 21.8. The van der Waals surface area contributed by atoms with Gasteiger partial charge in [-0.3, -0.25) is 13.9 Å². The number of anilines is 1. The first kappa shape index (κ1) is 30.9. The molecule has 0 aliphatic rings. The molecule has 11 heteroatoms. The molecule has 3 rings (SSSR count). The average Bonchev–Trinajstić information content (AvgIpc) is 2.91. The van der Waals surface area contributed by atoms with Gasteiger partial charge >= 0.3 is 0 Å². The van der Waals surface area contributed by atoms with Crippen molar-refractivity contribution in [1.82, 2.24) is 10.2 Å². The van der Waals surface area contributed by atoms with Gasteiger partial charge in [-0.05, 0) is 68.3 Å². The lowest BCUT2D eigenvalue weighted by atomic mass is 10.1. The second-order valence-corrected chi connectivity index (χ2v) is 12.7. The third-order valence-corrected chi connectivity index (χ3v) is 9.06. The molecule has 0 aliphatic heterocycles. The van der Waals surface area contributed by atoms with Crippen molar-refractivity contribution >= 4 is 66.7 Å². The molecule has 0 saturated carbocycles. The lowest BCUT2D eigenvalue weighted by Crippen LogP contribution is -2.52. The maximum atomic E-state index is 13.9. The van der Waals surface area contributed by atoms with Crippen molar-refractivity contribution in [3.63, 3.8) is 0 Å². The van der Waals surface area contributed by atoms with Crippen LogP contribution in [0.1, 0.15) is 32.8 Å². The highest BCUT2D eigenvalue weighted by Crippen LogP contribution is 2.33. The van der Waals surface area contributed by atoms with Gasteiger partial charge in [0.1, 0.15) is 12.6 Å². The van der Waals surface area contributed by atoms with Crippen molar-refractivity contribution in [1.29, 1.82) is 0 Å². The summed E-state index contributed by atoms with van der Waals surface area (Å²) in [4.78, 5) is 28.4. The Balaban J connectivity index is 2.04. The monoisotopic (exact) mass is 653 g/mol. The van der Waals surface area contributed by atoms with Crippen LogP contribution < -0.4 is 9.62 Å². The molecule has 2 amide bonds. The van der Waals surface area contributed by atoms with Crippen LogP contribution >= 0.6 is 39.1 Å². The van der Waals surface area contributed by atoms with Gasteiger partial charge in [-0.25, -0.2) is 8.42 Å². The molecule has 0 radical (unpaired) electrons. The second kappa shape index (κ2) is 13.7. The Labute approximate surface area is 248 Å². The van der Waals surface area contributed by atoms with Crippen molar-refractivity contribution in [3.8, 4) is 0 Å². The van der Waals surface area contributed by atoms with E-state index in [4.69, 9.17) is 23.2 Å². The number of sulfonamides is 1. The number of nitrogens with zero attached hydrogens (tertiary/aromatic N) is 2. The number of rotatable bonds is 11. The van der Waals surface area contributed by atoms with E-state index in [1.165, 1.54) is 35.2 Å². The summed E-state index contributed by atoms with van der Waals surface area (Å²) in [5, 5.41) is 3.29. The number of amides is 2. The van der Waals surface area contributed by atoms with Gasteiger partial charge in [0.15, 0.2) is 0 Å². The second-order valence-electron chi connectivity index (χ2n) is 9.06. The summed E-state index contributed by atoms with van der Waals surface area (Å²) in [6.45, 7) is 4.95. The summed E-state index contributed by atoms with van der Waals surface area (Å²) >= 11 is 15.9. The first-order valence-corrected chi connectivity index (χ1v) is 15.3. The van der Waals surface area contributed by atoms with E-state index in [0.717, 1.165) is 20.8 Å². The van der Waals surface area contributed by atoms with Gasteiger partial charge in [0.05, 0.1) is 15.6 Å². The minimum Gasteiger partial charge on any atom is -0.352 e. The van der Waals surface area contributed by atoms with Crippen LogP contribution in [0.4, 0.5) is 5.69 Å². The quantitative estimate of drug-likeness (QED) is 0.264. The Bertz CT molecular complexity index is 1410. The minimum atomic E-state index is -4.21. The lowest BCUT2D eigenvalue weighted by molar-refractivity contribution is -0.139. The number of carbonyl (C=O) groups excluding carboxylic acids is 2. The highest BCUT2D eigenvalue weighted by Gasteiger charge is 2.33. The number of carbonyl (C=O) groups is 2. The Hall–Kier alpha value is -2.59. The molecule has 0 aliphatic carbocycles. The van der Waals surface area contributed by atoms with Crippen molar-refractivity contribution in [3.05, 3.63) is 92.9 Å². The topological polar surface area (TPSA) is 86.8 Å². The van der Waals surface area contributed by atoms with Gasteiger partial charge in [0, 0.05) is 22.1 Å². The molecular formula is C28H30BrCl2N3O4S. The molecule has 0 bridgehead atoms. The van der Waals surface area contributed by atoms with Crippen LogP contribution in [0.25, 0.3) is 0 Å². The molecule has 7 nitrogen and oxygen atoms in total. The summed E-state index contributed by atoms with van der Waals surface area (Å²) < 4.78 is 29.4. The maximum Gasteiger partial charge on any atom is 0.264 e. The predicted molar refractivity (Wildman–Crippen MR) is 159 cm³/mol. The molecule has 208 valence electrons. The minimum absolute atomic E-state index is 0.00848. The number of hydrogen-bond donors (Lipinski definition) is 1. The first-order chi connectivity index (χ1) is 18.4. The van der Waals surface area contributed by atoms with Crippen LogP contribution in [-0.4, -0.2) is 43.8 Å². The zero-order chi connectivity index (χ0) is 28.7. The predicted octanol–water partition coefficient (Wildman–Crippen LogP) is 6.28. The Morgan fingerprint density at radius 1 is 0.974 bits per heavy atom. The van der Waals surface area contributed by atoms with Crippen LogP contribution in [0.15, 0.2) is 82.2 Å². The summed E-state index contributed by atoms with van der Waals surface area (Å²) in [7, 11) is -4.21. The third-order valence-electron chi connectivity index (χ3n) is 6.22. The SMILES string of the molecule is CC[C@H](C)NC(=O)[C@H](C)N(Cc1ccc(Br)cc1)C(=O)CN(c1ccc(Cl)cc1Cl)S(=O)(=O)c1ccccc1. The van der Waals surface area contributed by atoms with E-state index in [9.17, 15) is 18.0 Å². The maximum absolute atomic E-state index is 13.9. The Morgan fingerprint density at radius 2 is 1.62 bits per heavy atom. The molecular weight excluding hydrogens is 625 g/mol. The van der Waals surface area contributed by atoms with Gasteiger partial charge in [0.2, 0.25) is 11.8 Å². The van der Waals surface area contributed by atoms with Crippen LogP contribution in [0.2, 0.25) is 10.0 Å². The highest BCUT2D eigenvalue weighted by molar-refractivity contribution is 9.10. The van der Waals surface area contributed by atoms with Crippen molar-refractivity contribution in [2.24, 2.45) is 0 Å². The molecule has 0 heterocycles. The van der Waals surface area contributed by atoms with E-state index < -0.39 is 28.5 Å². The van der Waals surface area contributed by atoms with Crippen LogP contribution in [0.3, 0.4) is 0 Å². The first-order valence-electron chi connectivity index (χ1n) is 12.3. The molecule has 0 saturated heterocycles. The molecule has 0 unspecified atom stereocenters. The zero-order valence-corrected chi connectivity index (χ0v) is 25.7. The fourth-order valence-electron chi connectivity index (χ4n) is 3.75. The van der Waals surface area contributed by atoms with E-state index in [-0.39, 0.29) is 34.1 Å². The Kier molecular flexibility index (Phi) is 10.8. The summed E-state index contributed by atoms with van der Waals surface area (Å²) in [6, 6.07) is 18.5. The van der Waals surface area contributed by atoms with Gasteiger partial charge < -0.3 is 10.2 Å². The van der Waals surface area contributed by atoms with Crippen LogP contribution in [0.5, 0.6) is 0 Å². The standard InChI is InChI=1S/C28H30BrCl2N3O4S/c1-4-19(2)32-28(36)20(3)33(17-21-10-12-22(29)13-11-21)27(35)18-34(26-15-14-23(30)16-25(26)31)39(37,38)24-8-6-5-7-9-24/h5-16,19-20H,4,17-18H2,1-3H3,(H,32,36)/t19-,20-/m0/s1. The highest BCUT2D eigenvalue weighted by atomic mass is 79.9. The van der Waals surface area contributed by atoms with E-state index in [2.05, 4.69) is 21.2 Å². The smallest absolute Gasteiger partial charge is 0.264 e. The molecule has 3 aromatic rings. The molecule has 0 spiro atoms. The fourth-order valence-corrected chi connectivity index (χ4v) is 6.03. The van der Waals surface area contributed by atoms with E-state index >= 15 is 0 Å². The van der Waals surface area contributed by atoms with Gasteiger partial charge in [-0.1, -0.05) is 76.4 Å². The van der Waals surface area contributed by atoms with E-state index in [0.29, 0.717) is 5.02 Å². The van der Waals surface area contributed by atoms with Crippen molar-refractivity contribution in [2.45, 2.75) is 50.7 Å². The molecule has 1 N–H and O–H groups in total. The fraction of sp³-hybridized carbons (Fsp3) is 0.286. The lowest BCUT2D eigenvalue weighted by Gasteiger charge is -2.32. The van der Waals surface area contributed by atoms with E-state index in [1.54, 1.807) is 25.1 Å². The molecule has 2 atom stereocenters. The molecule has 0 fully saturated rings. The van der Waals surface area contributed by atoms with Crippen LogP contribution in [0, 0.1) is 0 Å². The molecule has 39 heavy (non-hydrogen) atoms. The van der Waals surface area contributed by atoms with Gasteiger partial charge in [0.25, 0.3) is 10.0 Å². The van der Waals surface area contributed by atoms with E-state index in [1.807, 2.05) is 38.1 Å². The summed E-state index contributed by atoms with van der Waals surface area (Å²) in [6.07, 6.45) is 0.720. The normalized spacial score (nSPS) is 12.9. The molecule has 0 aromatic heterocycles. The van der Waals surface area contributed by atoms with Crippen molar-refractivity contribution < 1.29 is 18.0 Å². The van der Waals surface area contributed by atoms with Crippen LogP contribution in [-0.2, 0) is 26.2 Å². The third kappa shape index (κ3) is 7.97. The number of nitrogens with one attached hydrogen (secondary N) is 1. The summed E-state index contributed by atoms with van der Waals surface area (Å²) in [5.74, 6) is -0.910. The van der Waals surface area contributed by atoms with Gasteiger partial charge in [-0.2, -0.15) is 0 Å².